The second-order valence-corrected chi connectivity index (χ2v) is 5.89. The number of thiophene rings is 1. The summed E-state index contributed by atoms with van der Waals surface area (Å²) in [5.74, 6) is 0. The van der Waals surface area contributed by atoms with Gasteiger partial charge in [-0.2, -0.15) is 0 Å². The summed E-state index contributed by atoms with van der Waals surface area (Å²) >= 11 is 7.99. The molecule has 4 heteroatoms. The number of hydrogen-bond acceptors (Lipinski definition) is 3. The van der Waals surface area contributed by atoms with Gasteiger partial charge in [-0.05, 0) is 48.9 Å². The summed E-state index contributed by atoms with van der Waals surface area (Å²) in [6.45, 7) is 3.20. The van der Waals surface area contributed by atoms with E-state index in [9.17, 15) is 0 Å². The molecule has 2 aromatic rings. The number of nitrogens with one attached hydrogen (secondary N) is 1. The molecule has 2 nitrogen and oxygen atoms in total. The zero-order chi connectivity index (χ0) is 13.5. The van der Waals surface area contributed by atoms with Gasteiger partial charge < -0.3 is 5.32 Å². The van der Waals surface area contributed by atoms with Crippen LogP contribution in [0, 0.1) is 0 Å². The van der Waals surface area contributed by atoms with Crippen LogP contribution in [0.25, 0.3) is 0 Å². The Morgan fingerprint density at radius 2 is 2.32 bits per heavy atom. The minimum Gasteiger partial charge on any atom is -0.309 e. The monoisotopic (exact) mass is 294 g/mol. The number of pyridine rings is 1. The van der Waals surface area contributed by atoms with Crippen LogP contribution < -0.4 is 5.32 Å². The molecule has 19 heavy (non-hydrogen) atoms. The van der Waals surface area contributed by atoms with Crippen LogP contribution in [-0.2, 0) is 6.42 Å². The van der Waals surface area contributed by atoms with Gasteiger partial charge >= 0.3 is 0 Å². The average molecular weight is 295 g/mol. The highest BCUT2D eigenvalue weighted by molar-refractivity contribution is 7.10. The molecule has 1 N–H and O–H groups in total. The summed E-state index contributed by atoms with van der Waals surface area (Å²) in [5, 5.41) is 6.53. The lowest BCUT2D eigenvalue weighted by Gasteiger charge is -2.17. The second-order valence-electron chi connectivity index (χ2n) is 4.54. The van der Waals surface area contributed by atoms with E-state index in [2.05, 4.69) is 28.7 Å². The Bertz CT molecular complexity index is 484. The Kier molecular flexibility index (Phi) is 5.83. The highest BCUT2D eigenvalue weighted by atomic mass is 35.5. The van der Waals surface area contributed by atoms with Crippen molar-refractivity contribution in [3.8, 4) is 0 Å². The minimum absolute atomic E-state index is 0.340. The number of nitrogens with zero attached hydrogens (tertiary/aromatic N) is 1. The van der Waals surface area contributed by atoms with Gasteiger partial charge in [-0.1, -0.05) is 24.6 Å². The predicted molar refractivity (Wildman–Crippen MR) is 82.9 cm³/mol. The molecule has 0 bridgehead atoms. The lowest BCUT2D eigenvalue weighted by molar-refractivity contribution is 0.506. The molecule has 0 spiro atoms. The van der Waals surface area contributed by atoms with Gasteiger partial charge in [-0.15, -0.1) is 11.3 Å². The molecule has 1 unspecified atom stereocenters. The third-order valence-electron chi connectivity index (χ3n) is 3.05. The van der Waals surface area contributed by atoms with Crippen molar-refractivity contribution >= 4 is 22.9 Å². The maximum atomic E-state index is 6.25. The Morgan fingerprint density at radius 1 is 1.42 bits per heavy atom. The fourth-order valence-corrected chi connectivity index (χ4v) is 3.36. The largest absolute Gasteiger partial charge is 0.309 e. The van der Waals surface area contributed by atoms with Crippen molar-refractivity contribution in [2.75, 3.05) is 6.54 Å². The van der Waals surface area contributed by atoms with E-state index in [0.29, 0.717) is 6.04 Å². The maximum Gasteiger partial charge on any atom is 0.0561 e. The number of aromatic nitrogens is 1. The number of halogens is 1. The average Bonchev–Trinajstić information content (AvgIpc) is 2.86. The first-order valence-electron chi connectivity index (χ1n) is 6.66. The number of aryl methyl sites for hydroxylation is 1. The molecule has 2 rings (SSSR count). The van der Waals surface area contributed by atoms with Gasteiger partial charge in [0.1, 0.15) is 0 Å². The van der Waals surface area contributed by atoms with E-state index in [-0.39, 0.29) is 0 Å². The SMILES string of the molecule is CCCNC(CCc1cccnc1)c1sccc1Cl. The van der Waals surface area contributed by atoms with Gasteiger partial charge in [0.25, 0.3) is 0 Å². The van der Waals surface area contributed by atoms with E-state index < -0.39 is 0 Å². The molecule has 102 valence electrons. The van der Waals surface area contributed by atoms with Crippen molar-refractivity contribution in [3.63, 3.8) is 0 Å². The van der Waals surface area contributed by atoms with Gasteiger partial charge in [0.05, 0.1) is 5.02 Å². The summed E-state index contributed by atoms with van der Waals surface area (Å²) < 4.78 is 0. The fourth-order valence-electron chi connectivity index (χ4n) is 2.06. The van der Waals surface area contributed by atoms with Gasteiger partial charge in [-0.25, -0.2) is 0 Å². The van der Waals surface area contributed by atoms with Crippen LogP contribution in [0.3, 0.4) is 0 Å². The molecule has 0 fully saturated rings. The molecular formula is C15H19ClN2S. The van der Waals surface area contributed by atoms with Gasteiger partial charge in [0.15, 0.2) is 0 Å². The first-order valence-corrected chi connectivity index (χ1v) is 7.92. The normalized spacial score (nSPS) is 12.5. The molecule has 0 saturated heterocycles. The van der Waals surface area contributed by atoms with E-state index in [1.54, 1.807) is 11.3 Å². The first kappa shape index (κ1) is 14.5. The van der Waals surface area contributed by atoms with E-state index >= 15 is 0 Å². The molecule has 0 aromatic carbocycles. The van der Waals surface area contributed by atoms with Crippen molar-refractivity contribution in [1.82, 2.24) is 10.3 Å². The fraction of sp³-hybridized carbons (Fsp3) is 0.400. The van der Waals surface area contributed by atoms with E-state index in [0.717, 1.165) is 30.8 Å². The Hall–Kier alpha value is -0.900. The van der Waals surface area contributed by atoms with Gasteiger partial charge in [-0.3, -0.25) is 4.98 Å². The number of hydrogen-bond donors (Lipinski definition) is 1. The van der Waals surface area contributed by atoms with E-state index in [4.69, 9.17) is 11.6 Å². The zero-order valence-electron chi connectivity index (χ0n) is 11.1. The highest BCUT2D eigenvalue weighted by Gasteiger charge is 2.15. The van der Waals surface area contributed by atoms with Crippen LogP contribution in [0.15, 0.2) is 36.0 Å². The number of rotatable bonds is 7. The van der Waals surface area contributed by atoms with Gasteiger partial charge in [0.2, 0.25) is 0 Å². The summed E-state index contributed by atoms with van der Waals surface area (Å²) in [5.41, 5.74) is 1.28. The maximum absolute atomic E-state index is 6.25. The van der Waals surface area contributed by atoms with Crippen LogP contribution in [0.5, 0.6) is 0 Å². The Balaban J connectivity index is 2.00. The molecule has 0 aliphatic rings. The molecule has 0 saturated carbocycles. The van der Waals surface area contributed by atoms with Crippen molar-refractivity contribution in [2.45, 2.75) is 32.2 Å². The van der Waals surface area contributed by atoms with Crippen LogP contribution in [0.4, 0.5) is 0 Å². The molecule has 1 atom stereocenters. The lowest BCUT2D eigenvalue weighted by atomic mass is 10.1. The molecule has 0 amide bonds. The second kappa shape index (κ2) is 7.63. The summed E-state index contributed by atoms with van der Waals surface area (Å²) in [7, 11) is 0. The molecule has 0 aliphatic heterocycles. The molecule has 2 aromatic heterocycles. The minimum atomic E-state index is 0.340. The third kappa shape index (κ3) is 4.30. The van der Waals surface area contributed by atoms with Crippen molar-refractivity contribution in [2.24, 2.45) is 0 Å². The van der Waals surface area contributed by atoms with Crippen LogP contribution >= 0.6 is 22.9 Å². The zero-order valence-corrected chi connectivity index (χ0v) is 12.7. The lowest BCUT2D eigenvalue weighted by Crippen LogP contribution is -2.22. The topological polar surface area (TPSA) is 24.9 Å². The Morgan fingerprint density at radius 3 is 2.95 bits per heavy atom. The predicted octanol–water partition coefficient (Wildman–Crippen LogP) is 4.47. The van der Waals surface area contributed by atoms with Crippen LogP contribution in [0.2, 0.25) is 5.02 Å². The standard InChI is InChI=1S/C15H19ClN2S/c1-2-8-18-14(15-13(16)7-10-19-15)6-5-12-4-3-9-17-11-12/h3-4,7,9-11,14,18H,2,5-6,8H2,1H3. The molecular weight excluding hydrogens is 276 g/mol. The smallest absolute Gasteiger partial charge is 0.0561 e. The summed E-state index contributed by atoms with van der Waals surface area (Å²) in [6.07, 6.45) is 6.95. The molecule has 0 radical (unpaired) electrons. The van der Waals surface area contributed by atoms with Gasteiger partial charge in [0, 0.05) is 23.3 Å². The molecule has 2 heterocycles. The van der Waals surface area contributed by atoms with Crippen LogP contribution in [-0.4, -0.2) is 11.5 Å². The van der Waals surface area contributed by atoms with Crippen LogP contribution in [0.1, 0.15) is 36.2 Å². The van der Waals surface area contributed by atoms with Crippen molar-refractivity contribution in [1.29, 1.82) is 0 Å². The third-order valence-corrected chi connectivity index (χ3v) is 4.52. The van der Waals surface area contributed by atoms with E-state index in [1.165, 1.54) is 10.4 Å². The molecule has 0 aliphatic carbocycles. The van der Waals surface area contributed by atoms with E-state index in [1.807, 2.05) is 24.5 Å². The van der Waals surface area contributed by atoms with Crippen molar-refractivity contribution in [3.05, 3.63) is 51.4 Å². The Labute approximate surface area is 123 Å². The highest BCUT2D eigenvalue weighted by Crippen LogP contribution is 2.31. The summed E-state index contributed by atoms with van der Waals surface area (Å²) in [6, 6.07) is 6.43. The quantitative estimate of drug-likeness (QED) is 0.815. The van der Waals surface area contributed by atoms with Crippen molar-refractivity contribution < 1.29 is 0 Å². The summed E-state index contributed by atoms with van der Waals surface area (Å²) in [4.78, 5) is 5.41. The first-order chi connectivity index (χ1) is 9.31.